The standard InChI is InChI=1S/C19H38N4/c1-3-9-21-12-5-18(6-13-21)23-14-7-19(8-15-23)22-11-4-10-20(2)16-17-22/h18-19H,3-17H2,1-2H3. The van der Waals surface area contributed by atoms with Crippen LogP contribution >= 0.6 is 0 Å². The van der Waals surface area contributed by atoms with Crippen LogP contribution in [0.1, 0.15) is 45.4 Å². The minimum absolute atomic E-state index is 0.859. The van der Waals surface area contributed by atoms with E-state index in [-0.39, 0.29) is 0 Å². The smallest absolute Gasteiger partial charge is 0.0120 e. The van der Waals surface area contributed by atoms with Gasteiger partial charge < -0.3 is 14.7 Å². The summed E-state index contributed by atoms with van der Waals surface area (Å²) in [5, 5.41) is 0. The molecular formula is C19H38N4. The highest BCUT2D eigenvalue weighted by Gasteiger charge is 2.30. The minimum atomic E-state index is 0.859. The third-order valence-electron chi connectivity index (χ3n) is 6.38. The van der Waals surface area contributed by atoms with Gasteiger partial charge in [0.05, 0.1) is 0 Å². The zero-order chi connectivity index (χ0) is 16.1. The molecule has 0 unspecified atom stereocenters. The van der Waals surface area contributed by atoms with Crippen molar-refractivity contribution in [2.45, 2.75) is 57.5 Å². The van der Waals surface area contributed by atoms with Crippen molar-refractivity contribution in [3.05, 3.63) is 0 Å². The fourth-order valence-corrected chi connectivity index (χ4v) is 4.87. The number of piperidine rings is 2. The van der Waals surface area contributed by atoms with E-state index in [0.29, 0.717) is 0 Å². The van der Waals surface area contributed by atoms with Gasteiger partial charge in [0.2, 0.25) is 0 Å². The lowest BCUT2D eigenvalue weighted by molar-refractivity contribution is 0.0559. The first kappa shape index (κ1) is 17.7. The van der Waals surface area contributed by atoms with Crippen molar-refractivity contribution in [3.63, 3.8) is 0 Å². The number of likely N-dealkylation sites (N-methyl/N-ethyl adjacent to an activating group) is 1. The highest BCUT2D eigenvalue weighted by Crippen LogP contribution is 2.24. The average Bonchev–Trinajstić information content (AvgIpc) is 2.81. The lowest BCUT2D eigenvalue weighted by Gasteiger charge is -2.44. The van der Waals surface area contributed by atoms with Crippen LogP contribution in [0.15, 0.2) is 0 Å². The molecule has 0 N–H and O–H groups in total. The second kappa shape index (κ2) is 8.80. The molecule has 3 fully saturated rings. The Morgan fingerprint density at radius 1 is 0.696 bits per heavy atom. The van der Waals surface area contributed by atoms with Crippen LogP contribution in [0.3, 0.4) is 0 Å². The van der Waals surface area contributed by atoms with E-state index in [1.54, 1.807) is 0 Å². The van der Waals surface area contributed by atoms with Crippen molar-refractivity contribution in [2.24, 2.45) is 0 Å². The summed E-state index contributed by atoms with van der Waals surface area (Å²) in [5.74, 6) is 0. The van der Waals surface area contributed by atoms with Gasteiger partial charge in [-0.3, -0.25) is 4.90 Å². The first-order valence-electron chi connectivity index (χ1n) is 10.1. The molecule has 0 amide bonds. The van der Waals surface area contributed by atoms with E-state index in [4.69, 9.17) is 0 Å². The molecule has 0 radical (unpaired) electrons. The molecule has 0 aliphatic carbocycles. The fraction of sp³-hybridized carbons (Fsp3) is 1.00. The molecule has 0 spiro atoms. The maximum absolute atomic E-state index is 2.82. The van der Waals surface area contributed by atoms with Crippen molar-refractivity contribution in [1.29, 1.82) is 0 Å². The highest BCUT2D eigenvalue weighted by atomic mass is 15.3. The lowest BCUT2D eigenvalue weighted by Crippen LogP contribution is -2.51. The van der Waals surface area contributed by atoms with Gasteiger partial charge in [-0.15, -0.1) is 0 Å². The van der Waals surface area contributed by atoms with Crippen LogP contribution in [0.25, 0.3) is 0 Å². The van der Waals surface area contributed by atoms with E-state index >= 15 is 0 Å². The summed E-state index contributed by atoms with van der Waals surface area (Å²) in [6, 6.07) is 1.73. The van der Waals surface area contributed by atoms with Crippen LogP contribution < -0.4 is 0 Å². The molecule has 0 saturated carbocycles. The van der Waals surface area contributed by atoms with Crippen molar-refractivity contribution < 1.29 is 0 Å². The Morgan fingerprint density at radius 2 is 1.30 bits per heavy atom. The summed E-state index contributed by atoms with van der Waals surface area (Å²) in [5.41, 5.74) is 0. The van der Waals surface area contributed by atoms with E-state index in [1.807, 2.05) is 0 Å². The first-order valence-corrected chi connectivity index (χ1v) is 10.1. The summed E-state index contributed by atoms with van der Waals surface area (Å²) < 4.78 is 0. The summed E-state index contributed by atoms with van der Waals surface area (Å²) >= 11 is 0. The fourth-order valence-electron chi connectivity index (χ4n) is 4.87. The highest BCUT2D eigenvalue weighted by molar-refractivity contribution is 4.87. The van der Waals surface area contributed by atoms with E-state index in [9.17, 15) is 0 Å². The largest absolute Gasteiger partial charge is 0.305 e. The molecule has 0 aromatic rings. The van der Waals surface area contributed by atoms with Crippen LogP contribution in [0.5, 0.6) is 0 Å². The summed E-state index contributed by atoms with van der Waals surface area (Å²) in [6.07, 6.45) is 8.27. The summed E-state index contributed by atoms with van der Waals surface area (Å²) in [7, 11) is 2.27. The summed E-state index contributed by atoms with van der Waals surface area (Å²) in [6.45, 7) is 14.1. The molecular weight excluding hydrogens is 284 g/mol. The lowest BCUT2D eigenvalue weighted by atomic mass is 9.97. The van der Waals surface area contributed by atoms with Crippen molar-refractivity contribution in [1.82, 2.24) is 19.6 Å². The molecule has 3 rings (SSSR count). The van der Waals surface area contributed by atoms with Crippen molar-refractivity contribution >= 4 is 0 Å². The maximum Gasteiger partial charge on any atom is 0.0120 e. The third kappa shape index (κ3) is 4.91. The molecule has 134 valence electrons. The van der Waals surface area contributed by atoms with Crippen LogP contribution in [-0.2, 0) is 0 Å². The van der Waals surface area contributed by atoms with Gasteiger partial charge in [0.25, 0.3) is 0 Å². The predicted octanol–water partition coefficient (Wildman–Crippen LogP) is 1.96. The Balaban J connectivity index is 1.40. The molecule has 0 aromatic carbocycles. The van der Waals surface area contributed by atoms with Gasteiger partial charge in [0.15, 0.2) is 0 Å². The Kier molecular flexibility index (Phi) is 6.75. The number of hydrogen-bond donors (Lipinski definition) is 0. The molecule has 0 atom stereocenters. The molecule has 3 aliphatic heterocycles. The van der Waals surface area contributed by atoms with E-state index in [1.165, 1.54) is 97.4 Å². The second-order valence-electron chi connectivity index (χ2n) is 8.03. The quantitative estimate of drug-likeness (QED) is 0.784. The average molecular weight is 323 g/mol. The Labute approximate surface area is 143 Å². The van der Waals surface area contributed by atoms with Gasteiger partial charge in [-0.2, -0.15) is 0 Å². The maximum atomic E-state index is 2.82. The zero-order valence-electron chi connectivity index (χ0n) is 15.6. The Morgan fingerprint density at radius 3 is 1.96 bits per heavy atom. The van der Waals surface area contributed by atoms with Gasteiger partial charge in [0.1, 0.15) is 0 Å². The Hall–Kier alpha value is -0.160. The van der Waals surface area contributed by atoms with Crippen LogP contribution in [0.2, 0.25) is 0 Å². The third-order valence-corrected chi connectivity index (χ3v) is 6.38. The SMILES string of the molecule is CCCN1CCC(N2CCC(N3CCCN(C)CC3)CC2)CC1. The molecule has 0 aromatic heterocycles. The minimum Gasteiger partial charge on any atom is -0.305 e. The van der Waals surface area contributed by atoms with Crippen molar-refractivity contribution in [2.75, 3.05) is 66.0 Å². The molecule has 3 saturated heterocycles. The number of likely N-dealkylation sites (tertiary alicyclic amines) is 2. The first-order chi connectivity index (χ1) is 11.3. The van der Waals surface area contributed by atoms with E-state index < -0.39 is 0 Å². The molecule has 3 aliphatic rings. The van der Waals surface area contributed by atoms with Gasteiger partial charge in [-0.25, -0.2) is 0 Å². The molecule has 0 bridgehead atoms. The second-order valence-corrected chi connectivity index (χ2v) is 8.03. The van der Waals surface area contributed by atoms with E-state index in [0.717, 1.165) is 12.1 Å². The van der Waals surface area contributed by atoms with Gasteiger partial charge in [-0.1, -0.05) is 6.92 Å². The van der Waals surface area contributed by atoms with Crippen LogP contribution in [0, 0.1) is 0 Å². The Bertz CT molecular complexity index is 332. The number of hydrogen-bond acceptors (Lipinski definition) is 4. The molecule has 4 nitrogen and oxygen atoms in total. The number of nitrogens with zero attached hydrogens (tertiary/aromatic N) is 4. The van der Waals surface area contributed by atoms with Crippen LogP contribution in [-0.4, -0.2) is 97.6 Å². The normalized spacial score (nSPS) is 29.0. The predicted molar refractivity (Wildman–Crippen MR) is 98.0 cm³/mol. The summed E-state index contributed by atoms with van der Waals surface area (Å²) in [4.78, 5) is 10.8. The molecule has 23 heavy (non-hydrogen) atoms. The zero-order valence-corrected chi connectivity index (χ0v) is 15.6. The molecule has 4 heteroatoms. The van der Waals surface area contributed by atoms with Gasteiger partial charge in [-0.05, 0) is 91.4 Å². The number of rotatable bonds is 4. The van der Waals surface area contributed by atoms with Crippen LogP contribution in [0.4, 0.5) is 0 Å². The van der Waals surface area contributed by atoms with Gasteiger partial charge >= 0.3 is 0 Å². The van der Waals surface area contributed by atoms with Gasteiger partial charge in [0, 0.05) is 25.2 Å². The van der Waals surface area contributed by atoms with Crippen molar-refractivity contribution in [3.8, 4) is 0 Å². The molecule has 3 heterocycles. The van der Waals surface area contributed by atoms with E-state index in [2.05, 4.69) is 33.6 Å². The monoisotopic (exact) mass is 322 g/mol. The topological polar surface area (TPSA) is 13.0 Å².